The average Bonchev–Trinajstić information content (AvgIpc) is 3.02. The van der Waals surface area contributed by atoms with E-state index in [0.717, 1.165) is 35.7 Å². The largest absolute Gasteiger partial charge is 0.459 e. The Morgan fingerprint density at radius 2 is 2.00 bits per heavy atom. The molecule has 1 aliphatic rings. The van der Waals surface area contributed by atoms with Gasteiger partial charge in [-0.15, -0.1) is 0 Å². The molecule has 5 nitrogen and oxygen atoms in total. The Bertz CT molecular complexity index is 1120. The van der Waals surface area contributed by atoms with E-state index in [1.807, 2.05) is 6.92 Å². The van der Waals surface area contributed by atoms with E-state index in [2.05, 4.69) is 5.32 Å². The molecule has 7 heteroatoms. The van der Waals surface area contributed by atoms with Crippen LogP contribution in [-0.2, 0) is 26.5 Å². The van der Waals surface area contributed by atoms with Crippen LogP contribution in [0.3, 0.4) is 0 Å². The molecule has 1 N–H and O–H groups in total. The molecule has 3 aromatic rings. The smallest absolute Gasteiger partial charge is 0.206 e. The zero-order valence-corrected chi connectivity index (χ0v) is 15.9. The van der Waals surface area contributed by atoms with E-state index in [9.17, 15) is 12.8 Å². The van der Waals surface area contributed by atoms with Crippen LogP contribution in [0.5, 0.6) is 0 Å². The van der Waals surface area contributed by atoms with Crippen LogP contribution in [-0.4, -0.2) is 28.7 Å². The fraction of sp³-hybridized carbons (Fsp3) is 0.300. The van der Waals surface area contributed by atoms with Gasteiger partial charge in [-0.25, -0.2) is 12.8 Å². The number of furan rings is 1. The number of fused-ring (bicyclic) bond motifs is 3. The van der Waals surface area contributed by atoms with Crippen molar-refractivity contribution in [3.05, 3.63) is 59.6 Å². The first-order chi connectivity index (χ1) is 12.8. The number of benzene rings is 2. The lowest BCUT2D eigenvalue weighted by molar-refractivity contribution is 0.100. The van der Waals surface area contributed by atoms with Crippen molar-refractivity contribution in [1.29, 1.82) is 0 Å². The predicted octanol–water partition coefficient (Wildman–Crippen LogP) is 3.41. The van der Waals surface area contributed by atoms with Gasteiger partial charge in [0.05, 0.1) is 21.9 Å². The average molecular weight is 389 g/mol. The van der Waals surface area contributed by atoms with Crippen molar-refractivity contribution in [2.45, 2.75) is 28.7 Å². The third-order valence-corrected chi connectivity index (χ3v) is 6.75. The van der Waals surface area contributed by atoms with Crippen molar-refractivity contribution >= 4 is 20.8 Å². The molecular weight excluding hydrogens is 369 g/mol. The number of hydrogen-bond donors (Lipinski definition) is 1. The molecule has 1 aromatic heterocycles. The van der Waals surface area contributed by atoms with Crippen molar-refractivity contribution in [2.75, 3.05) is 20.3 Å². The second-order valence-electron chi connectivity index (χ2n) is 6.97. The molecule has 1 unspecified atom stereocenters. The van der Waals surface area contributed by atoms with Crippen molar-refractivity contribution in [3.8, 4) is 0 Å². The number of hydrogen-bond acceptors (Lipinski definition) is 5. The van der Waals surface area contributed by atoms with E-state index in [-0.39, 0.29) is 9.79 Å². The molecule has 0 spiro atoms. The lowest BCUT2D eigenvalue weighted by atomic mass is 9.90. The zero-order valence-electron chi connectivity index (χ0n) is 15.1. The van der Waals surface area contributed by atoms with E-state index in [0.29, 0.717) is 12.2 Å². The van der Waals surface area contributed by atoms with Gasteiger partial charge in [0.25, 0.3) is 0 Å². The highest BCUT2D eigenvalue weighted by Crippen LogP contribution is 2.37. The van der Waals surface area contributed by atoms with Crippen molar-refractivity contribution in [3.63, 3.8) is 0 Å². The summed E-state index contributed by atoms with van der Waals surface area (Å²) < 4.78 is 50.6. The van der Waals surface area contributed by atoms with Crippen molar-refractivity contribution in [2.24, 2.45) is 0 Å². The normalized spacial score (nSPS) is 20.0. The van der Waals surface area contributed by atoms with Gasteiger partial charge in [-0.1, -0.05) is 6.07 Å². The Morgan fingerprint density at radius 3 is 2.74 bits per heavy atom. The summed E-state index contributed by atoms with van der Waals surface area (Å²) in [6, 6.07) is 9.83. The molecule has 0 saturated carbocycles. The summed E-state index contributed by atoms with van der Waals surface area (Å²) in [5, 5.41) is 4.31. The predicted molar refractivity (Wildman–Crippen MR) is 99.0 cm³/mol. The fourth-order valence-corrected chi connectivity index (χ4v) is 5.02. The highest BCUT2D eigenvalue weighted by atomic mass is 32.2. The Kier molecular flexibility index (Phi) is 4.33. The van der Waals surface area contributed by atoms with Crippen LogP contribution < -0.4 is 5.32 Å². The second kappa shape index (κ2) is 6.44. The maximum Gasteiger partial charge on any atom is 0.206 e. The molecule has 0 fully saturated rings. The molecule has 0 aliphatic carbocycles. The molecular formula is C20H20FNO4S. The van der Waals surface area contributed by atoms with Gasteiger partial charge in [-0.2, -0.15) is 0 Å². The Hall–Kier alpha value is -2.22. The van der Waals surface area contributed by atoms with E-state index in [4.69, 9.17) is 9.15 Å². The van der Waals surface area contributed by atoms with Crippen molar-refractivity contribution < 1.29 is 22.0 Å². The minimum absolute atomic E-state index is 0.0769. The highest BCUT2D eigenvalue weighted by molar-refractivity contribution is 7.91. The highest BCUT2D eigenvalue weighted by Gasteiger charge is 2.37. The molecule has 2 aromatic carbocycles. The molecule has 27 heavy (non-hydrogen) atoms. The molecule has 2 heterocycles. The Labute approximate surface area is 157 Å². The first kappa shape index (κ1) is 18.2. The fourth-order valence-electron chi connectivity index (χ4n) is 3.71. The summed E-state index contributed by atoms with van der Waals surface area (Å²) in [5.74, 6) is 0.179. The number of sulfone groups is 1. The molecule has 0 saturated heterocycles. The number of halogens is 1. The van der Waals surface area contributed by atoms with Crippen LogP contribution in [0.25, 0.3) is 11.0 Å². The summed E-state index contributed by atoms with van der Waals surface area (Å²) in [4.78, 5) is -0.00263. The molecule has 0 amide bonds. The lowest BCUT2D eigenvalue weighted by Gasteiger charge is -2.32. The standard InChI is InChI=1S/C20H20FNO4S/c1-20(12-25-2)19-17(8-9-22-20)16-7-6-15(11-18(16)26-19)27(23,24)14-5-3-4-13(21)10-14/h3-7,10-11,22H,8-9,12H2,1-2H3. The Morgan fingerprint density at radius 1 is 1.22 bits per heavy atom. The van der Waals surface area contributed by atoms with Crippen LogP contribution in [0.4, 0.5) is 4.39 Å². The van der Waals surface area contributed by atoms with Crippen molar-refractivity contribution in [1.82, 2.24) is 5.32 Å². The summed E-state index contributed by atoms with van der Waals surface area (Å²) in [5.41, 5.74) is 1.10. The lowest BCUT2D eigenvalue weighted by Crippen LogP contribution is -2.47. The van der Waals surface area contributed by atoms with E-state index >= 15 is 0 Å². The van der Waals surface area contributed by atoms with Gasteiger partial charge >= 0.3 is 0 Å². The van der Waals surface area contributed by atoms with E-state index < -0.39 is 21.2 Å². The van der Waals surface area contributed by atoms with Crippen LogP contribution in [0.15, 0.2) is 56.7 Å². The first-order valence-corrected chi connectivity index (χ1v) is 10.1. The molecule has 0 bridgehead atoms. The second-order valence-corrected chi connectivity index (χ2v) is 8.92. The minimum Gasteiger partial charge on any atom is -0.459 e. The van der Waals surface area contributed by atoms with Crippen LogP contribution >= 0.6 is 0 Å². The maximum absolute atomic E-state index is 13.5. The summed E-state index contributed by atoms with van der Waals surface area (Å²) in [6.45, 7) is 3.22. The summed E-state index contributed by atoms with van der Waals surface area (Å²) in [6.07, 6.45) is 0.789. The van der Waals surface area contributed by atoms with Gasteiger partial charge in [0.2, 0.25) is 9.84 Å². The maximum atomic E-state index is 13.5. The Balaban J connectivity index is 1.85. The number of rotatable bonds is 4. The van der Waals surface area contributed by atoms with Crippen LogP contribution in [0, 0.1) is 5.82 Å². The number of methoxy groups -OCH3 is 1. The molecule has 142 valence electrons. The van der Waals surface area contributed by atoms with Gasteiger partial charge in [-0.05, 0) is 43.7 Å². The number of nitrogens with one attached hydrogen (secondary N) is 1. The molecule has 1 atom stereocenters. The third kappa shape index (κ3) is 2.96. The van der Waals surface area contributed by atoms with Gasteiger partial charge < -0.3 is 14.5 Å². The van der Waals surface area contributed by atoms with Gasteiger partial charge in [0.1, 0.15) is 17.2 Å². The molecule has 1 aliphatic heterocycles. The number of ether oxygens (including phenoxy) is 1. The first-order valence-electron chi connectivity index (χ1n) is 8.66. The van der Waals surface area contributed by atoms with Gasteiger partial charge in [-0.3, -0.25) is 0 Å². The molecule has 0 radical (unpaired) electrons. The quantitative estimate of drug-likeness (QED) is 0.741. The molecule has 4 rings (SSSR count). The summed E-state index contributed by atoms with van der Waals surface area (Å²) >= 11 is 0. The minimum atomic E-state index is -3.83. The van der Waals surface area contributed by atoms with Crippen LogP contribution in [0.1, 0.15) is 18.2 Å². The van der Waals surface area contributed by atoms with E-state index in [1.165, 1.54) is 24.3 Å². The monoisotopic (exact) mass is 389 g/mol. The van der Waals surface area contributed by atoms with Gasteiger partial charge in [0, 0.05) is 30.7 Å². The van der Waals surface area contributed by atoms with Crippen LogP contribution in [0.2, 0.25) is 0 Å². The SMILES string of the molecule is COCC1(C)NCCc2c1oc1cc(S(=O)(=O)c3cccc(F)c3)ccc21. The zero-order chi connectivity index (χ0) is 19.2. The summed E-state index contributed by atoms with van der Waals surface area (Å²) in [7, 11) is -2.20. The van der Waals surface area contributed by atoms with Gasteiger partial charge in [0.15, 0.2) is 0 Å². The topological polar surface area (TPSA) is 68.5 Å². The van der Waals surface area contributed by atoms with E-state index in [1.54, 1.807) is 19.2 Å². The third-order valence-electron chi connectivity index (χ3n) is 5.01.